The van der Waals surface area contributed by atoms with E-state index in [1.807, 2.05) is 0 Å². The van der Waals surface area contributed by atoms with Gasteiger partial charge in [0.2, 0.25) is 0 Å². The Labute approximate surface area is 174 Å². The first kappa shape index (κ1) is 18.3. The number of rotatable bonds is 5. The molecular formula is C26H25N2P. The van der Waals surface area contributed by atoms with Crippen LogP contribution in [0.1, 0.15) is 24.6 Å². The zero-order valence-electron chi connectivity index (χ0n) is 16.5. The van der Waals surface area contributed by atoms with Crippen LogP contribution < -0.4 is 10.6 Å². The van der Waals surface area contributed by atoms with E-state index in [9.17, 15) is 0 Å². The molecule has 0 unspecified atom stereocenters. The van der Waals surface area contributed by atoms with Crippen molar-refractivity contribution in [1.82, 2.24) is 9.55 Å². The first-order valence-corrected chi connectivity index (χ1v) is 11.9. The maximum Gasteiger partial charge on any atom is 0.112 e. The molecule has 1 aliphatic rings. The second kappa shape index (κ2) is 8.35. The summed E-state index contributed by atoms with van der Waals surface area (Å²) in [6, 6.07) is 32.6. The van der Waals surface area contributed by atoms with Gasteiger partial charge in [-0.3, -0.25) is 0 Å². The number of benzene rings is 3. The highest BCUT2D eigenvalue weighted by Gasteiger charge is 2.27. The molecule has 4 aromatic rings. The quantitative estimate of drug-likeness (QED) is 0.404. The van der Waals surface area contributed by atoms with Crippen molar-refractivity contribution in [2.24, 2.45) is 0 Å². The van der Waals surface area contributed by atoms with Gasteiger partial charge in [0.05, 0.1) is 5.69 Å². The number of aryl methyl sites for hydroxylation is 1. The summed E-state index contributed by atoms with van der Waals surface area (Å²) in [7, 11) is -0.397. The van der Waals surface area contributed by atoms with Crippen LogP contribution >= 0.6 is 7.92 Å². The number of hydrogen-bond donors (Lipinski definition) is 0. The molecular weight excluding hydrogens is 371 g/mol. The summed E-state index contributed by atoms with van der Waals surface area (Å²) in [4.78, 5) is 5.12. The Morgan fingerprint density at radius 2 is 1.38 bits per heavy atom. The predicted molar refractivity (Wildman–Crippen MR) is 124 cm³/mol. The maximum absolute atomic E-state index is 5.12. The van der Waals surface area contributed by atoms with Gasteiger partial charge in [-0.15, -0.1) is 0 Å². The van der Waals surface area contributed by atoms with Crippen LogP contribution in [-0.2, 0) is 6.54 Å². The first-order valence-electron chi connectivity index (χ1n) is 10.4. The van der Waals surface area contributed by atoms with E-state index in [0.29, 0.717) is 5.92 Å². The van der Waals surface area contributed by atoms with Gasteiger partial charge >= 0.3 is 0 Å². The Balaban J connectivity index is 1.49. The third-order valence-electron chi connectivity index (χ3n) is 5.73. The summed E-state index contributed by atoms with van der Waals surface area (Å²) in [6.45, 7) is 1.08. The Morgan fingerprint density at radius 3 is 2.00 bits per heavy atom. The summed E-state index contributed by atoms with van der Waals surface area (Å²) in [5.74, 6) is 1.78. The molecule has 144 valence electrons. The van der Waals surface area contributed by atoms with Crippen LogP contribution in [0.15, 0.2) is 97.2 Å². The lowest BCUT2D eigenvalue weighted by molar-refractivity contribution is 0.467. The predicted octanol–water partition coefficient (Wildman–Crippen LogP) is 5.56. The summed E-state index contributed by atoms with van der Waals surface area (Å²) < 4.78 is 2.40. The smallest absolute Gasteiger partial charge is 0.112 e. The maximum atomic E-state index is 5.12. The molecule has 0 fully saturated rings. The summed E-state index contributed by atoms with van der Waals surface area (Å²) in [5, 5.41) is 2.92. The van der Waals surface area contributed by atoms with Crippen LogP contribution in [0.2, 0.25) is 0 Å². The zero-order valence-corrected chi connectivity index (χ0v) is 17.4. The largest absolute Gasteiger partial charge is 0.334 e. The van der Waals surface area contributed by atoms with E-state index in [-0.39, 0.29) is 0 Å². The second-order valence-corrected chi connectivity index (χ2v) is 9.92. The highest BCUT2D eigenvalue weighted by molar-refractivity contribution is 7.73. The summed E-state index contributed by atoms with van der Waals surface area (Å²) >= 11 is 0. The topological polar surface area (TPSA) is 17.8 Å². The molecule has 0 saturated carbocycles. The number of fused-ring (bicyclic) bond motifs is 1. The molecule has 1 aromatic heterocycles. The van der Waals surface area contributed by atoms with Crippen LogP contribution in [0, 0.1) is 0 Å². The van der Waals surface area contributed by atoms with Gasteiger partial charge in [0, 0.05) is 24.2 Å². The summed E-state index contributed by atoms with van der Waals surface area (Å²) in [5.41, 5.74) is 2.32. The fraction of sp³-hybridized carbons (Fsp3) is 0.192. The molecule has 1 atom stereocenters. The SMILES string of the molecule is c1ccc(-c2cn3c(n2)[C@H](CP(c2ccccc2)c2ccccc2)CCC3)cc1. The van der Waals surface area contributed by atoms with Crippen molar-refractivity contribution in [3.63, 3.8) is 0 Å². The molecule has 0 bridgehead atoms. The highest BCUT2D eigenvalue weighted by Crippen LogP contribution is 2.42. The lowest BCUT2D eigenvalue weighted by Gasteiger charge is -2.28. The molecule has 3 aromatic carbocycles. The second-order valence-electron chi connectivity index (χ2n) is 7.66. The van der Waals surface area contributed by atoms with Crippen molar-refractivity contribution in [2.75, 3.05) is 6.16 Å². The minimum atomic E-state index is -0.397. The van der Waals surface area contributed by atoms with Crippen molar-refractivity contribution < 1.29 is 0 Å². The number of hydrogen-bond acceptors (Lipinski definition) is 1. The van der Waals surface area contributed by atoms with E-state index in [0.717, 1.165) is 18.4 Å². The average Bonchev–Trinajstić information content (AvgIpc) is 3.24. The molecule has 0 aliphatic carbocycles. The first-order chi connectivity index (χ1) is 14.4. The third-order valence-corrected chi connectivity index (χ3v) is 8.38. The molecule has 0 amide bonds. The highest BCUT2D eigenvalue weighted by atomic mass is 31.1. The van der Waals surface area contributed by atoms with E-state index in [1.54, 1.807) is 0 Å². The van der Waals surface area contributed by atoms with Crippen molar-refractivity contribution in [1.29, 1.82) is 0 Å². The molecule has 0 saturated heterocycles. The van der Waals surface area contributed by atoms with Crippen LogP contribution in [0.4, 0.5) is 0 Å². The fourth-order valence-corrected chi connectivity index (χ4v) is 6.86. The van der Waals surface area contributed by atoms with Crippen molar-refractivity contribution >= 4 is 18.5 Å². The third kappa shape index (κ3) is 3.91. The number of aromatic nitrogens is 2. The van der Waals surface area contributed by atoms with Gasteiger partial charge in [-0.25, -0.2) is 4.98 Å². The van der Waals surface area contributed by atoms with Crippen LogP contribution in [0.25, 0.3) is 11.3 Å². The number of nitrogens with zero attached hydrogens (tertiary/aromatic N) is 2. The molecule has 29 heavy (non-hydrogen) atoms. The molecule has 2 nitrogen and oxygen atoms in total. The molecule has 0 radical (unpaired) electrons. The van der Waals surface area contributed by atoms with Crippen LogP contribution in [0.3, 0.4) is 0 Å². The van der Waals surface area contributed by atoms with E-state index in [2.05, 4.69) is 102 Å². The van der Waals surface area contributed by atoms with Gasteiger partial charge < -0.3 is 4.57 Å². The number of imidazole rings is 1. The van der Waals surface area contributed by atoms with Gasteiger partial charge in [0.15, 0.2) is 0 Å². The monoisotopic (exact) mass is 396 g/mol. The summed E-state index contributed by atoms with van der Waals surface area (Å²) in [6.07, 6.45) is 5.87. The van der Waals surface area contributed by atoms with Gasteiger partial charge in [0.25, 0.3) is 0 Å². The molecule has 5 rings (SSSR count). The van der Waals surface area contributed by atoms with Crippen LogP contribution in [0.5, 0.6) is 0 Å². The Kier molecular flexibility index (Phi) is 5.28. The zero-order chi connectivity index (χ0) is 19.5. The van der Waals surface area contributed by atoms with E-state index >= 15 is 0 Å². The Morgan fingerprint density at radius 1 is 0.793 bits per heavy atom. The minimum absolute atomic E-state index is 0.397. The van der Waals surface area contributed by atoms with Gasteiger partial charge in [0.1, 0.15) is 5.82 Å². The lowest BCUT2D eigenvalue weighted by atomic mass is 10.0. The fourth-order valence-electron chi connectivity index (χ4n) is 4.29. The molecule has 0 N–H and O–H groups in total. The normalized spacial score (nSPS) is 16.0. The minimum Gasteiger partial charge on any atom is -0.334 e. The van der Waals surface area contributed by atoms with Gasteiger partial charge in [-0.1, -0.05) is 91.0 Å². The van der Waals surface area contributed by atoms with E-state index in [1.165, 1.54) is 34.8 Å². The molecule has 2 heterocycles. The lowest BCUT2D eigenvalue weighted by Crippen LogP contribution is -2.22. The molecule has 3 heteroatoms. The van der Waals surface area contributed by atoms with Crippen molar-refractivity contribution in [2.45, 2.75) is 25.3 Å². The van der Waals surface area contributed by atoms with Crippen molar-refractivity contribution in [3.8, 4) is 11.3 Å². The van der Waals surface area contributed by atoms with Gasteiger partial charge in [-0.05, 0) is 37.5 Å². The van der Waals surface area contributed by atoms with E-state index in [4.69, 9.17) is 4.98 Å². The van der Waals surface area contributed by atoms with E-state index < -0.39 is 7.92 Å². The van der Waals surface area contributed by atoms with Crippen molar-refractivity contribution in [3.05, 3.63) is 103 Å². The standard InChI is InChI=1S/C26H25N2P/c1-4-11-21(12-5-1)25-19-28-18-10-13-22(26(28)27-25)20-29(23-14-6-2-7-15-23)24-16-8-3-9-17-24/h1-9,11-12,14-17,19,22H,10,13,18,20H2/t22-/m0/s1. The molecule has 0 spiro atoms. The Hall–Kier alpha value is -2.70. The average molecular weight is 396 g/mol. The Bertz CT molecular complexity index is 1020. The molecule has 1 aliphatic heterocycles. The van der Waals surface area contributed by atoms with Gasteiger partial charge in [-0.2, -0.15) is 0 Å². The van der Waals surface area contributed by atoms with Crippen LogP contribution in [-0.4, -0.2) is 15.7 Å².